The fraction of sp³-hybridized carbons (Fsp3) is 0.552. The number of nitrogens with zero attached hydrogens (tertiary/aromatic N) is 3. The number of aliphatic hydroxyl groups is 1. The summed E-state index contributed by atoms with van der Waals surface area (Å²) in [6.45, 7) is 11.8. The van der Waals surface area contributed by atoms with Crippen LogP contribution in [0.25, 0.3) is 0 Å². The lowest BCUT2D eigenvalue weighted by molar-refractivity contribution is -0.147. The van der Waals surface area contributed by atoms with Gasteiger partial charge < -0.3 is 24.5 Å². The number of fused-ring (bicyclic) bond motifs is 1. The number of halogens is 2. The number of alkyl halides is 1. The molecule has 0 aliphatic carbocycles. The molecule has 3 heterocycles. The summed E-state index contributed by atoms with van der Waals surface area (Å²) in [5, 5.41) is 11.0. The molecule has 3 fully saturated rings. The van der Waals surface area contributed by atoms with Crippen molar-refractivity contribution in [2.24, 2.45) is 17.8 Å². The Kier molecular flexibility index (Phi) is 8.95. The standard InChI is InChI=1S/C29H37BrClN3O5/c1-6-12-32(5)26(36)22-23-27(37)34(20(16-35)14-17(3)4)25(29(23)15-21(30)24(22)39-29)28(38)33(13-7-2)19-10-8-18(31)9-11-19/h6-11,17,20-25,35H,1-2,12-16H2,3-5H3/t20-,21?,22-,23+,24-,25?,29?/m1/s1. The Balaban J connectivity index is 1.85. The highest BCUT2D eigenvalue weighted by molar-refractivity contribution is 9.09. The van der Waals surface area contributed by atoms with E-state index in [2.05, 4.69) is 29.1 Å². The smallest absolute Gasteiger partial charge is 0.253 e. The third kappa shape index (κ3) is 5.07. The van der Waals surface area contributed by atoms with Gasteiger partial charge in [0, 0.05) is 35.7 Å². The predicted molar refractivity (Wildman–Crippen MR) is 155 cm³/mol. The second kappa shape index (κ2) is 11.7. The molecule has 3 amide bonds. The van der Waals surface area contributed by atoms with Gasteiger partial charge in [0.25, 0.3) is 5.91 Å². The van der Waals surface area contributed by atoms with E-state index in [0.29, 0.717) is 30.1 Å². The molecule has 1 N–H and O–H groups in total. The summed E-state index contributed by atoms with van der Waals surface area (Å²) in [5.41, 5.74) is -0.624. The molecule has 39 heavy (non-hydrogen) atoms. The van der Waals surface area contributed by atoms with E-state index in [1.807, 2.05) is 13.8 Å². The summed E-state index contributed by atoms with van der Waals surface area (Å²) in [5.74, 6) is -2.34. The van der Waals surface area contributed by atoms with E-state index in [4.69, 9.17) is 16.3 Å². The molecular formula is C29H37BrClN3O5. The highest BCUT2D eigenvalue weighted by atomic mass is 79.9. The largest absolute Gasteiger partial charge is 0.394 e. The molecule has 8 nitrogen and oxygen atoms in total. The van der Waals surface area contributed by atoms with Crippen molar-refractivity contribution in [2.45, 2.75) is 55.3 Å². The van der Waals surface area contributed by atoms with Crippen molar-refractivity contribution in [3.05, 3.63) is 54.6 Å². The van der Waals surface area contributed by atoms with E-state index in [9.17, 15) is 19.5 Å². The lowest BCUT2D eigenvalue weighted by atomic mass is 9.70. The van der Waals surface area contributed by atoms with Gasteiger partial charge in [0.15, 0.2) is 0 Å². The number of aliphatic hydroxyl groups excluding tert-OH is 1. The third-order valence-corrected chi connectivity index (χ3v) is 9.19. The van der Waals surface area contributed by atoms with Crippen molar-refractivity contribution < 1.29 is 24.2 Å². The monoisotopic (exact) mass is 621 g/mol. The molecule has 3 aliphatic heterocycles. The molecule has 0 aromatic heterocycles. The minimum Gasteiger partial charge on any atom is -0.394 e. The van der Waals surface area contributed by atoms with Crippen molar-refractivity contribution in [1.82, 2.24) is 9.80 Å². The zero-order valence-corrected chi connectivity index (χ0v) is 25.0. The third-order valence-electron chi connectivity index (χ3n) is 8.09. The van der Waals surface area contributed by atoms with E-state index in [1.165, 1.54) is 9.80 Å². The fourth-order valence-electron chi connectivity index (χ4n) is 6.60. The van der Waals surface area contributed by atoms with Gasteiger partial charge in [-0.15, -0.1) is 13.2 Å². The minimum absolute atomic E-state index is 0.154. The molecule has 4 rings (SSSR count). The van der Waals surface area contributed by atoms with Gasteiger partial charge in [0.05, 0.1) is 30.6 Å². The number of amides is 3. The van der Waals surface area contributed by atoms with Gasteiger partial charge in [-0.3, -0.25) is 14.4 Å². The highest BCUT2D eigenvalue weighted by Gasteiger charge is 2.77. The number of ether oxygens (including phenoxy) is 1. The number of hydrogen-bond acceptors (Lipinski definition) is 5. The van der Waals surface area contributed by atoms with Crippen LogP contribution >= 0.6 is 27.5 Å². The Morgan fingerprint density at radius 1 is 1.23 bits per heavy atom. The molecule has 1 spiro atoms. The second-order valence-corrected chi connectivity index (χ2v) is 12.7. The normalized spacial score (nSPS) is 29.9. The SMILES string of the molecule is C=CCN(C)C(=O)[C@H]1[C@@H]2OC3(CC2Br)C(C(=O)N(CC=C)c2ccc(Cl)cc2)N([C@@H](CO)CC(C)C)C(=O)[C@H]13. The van der Waals surface area contributed by atoms with Gasteiger partial charge >= 0.3 is 0 Å². The van der Waals surface area contributed by atoms with Crippen LogP contribution in [0.4, 0.5) is 5.69 Å². The van der Waals surface area contributed by atoms with Crippen LogP contribution in [-0.4, -0.2) is 88.0 Å². The van der Waals surface area contributed by atoms with Gasteiger partial charge in [-0.1, -0.05) is 53.5 Å². The van der Waals surface area contributed by atoms with Crippen LogP contribution in [0.5, 0.6) is 0 Å². The Hall–Kier alpha value is -2.20. The molecule has 0 radical (unpaired) electrons. The van der Waals surface area contributed by atoms with Crippen LogP contribution in [-0.2, 0) is 19.1 Å². The van der Waals surface area contributed by atoms with Crippen molar-refractivity contribution in [3.63, 3.8) is 0 Å². The number of benzene rings is 1. The Bertz CT molecular complexity index is 1130. The molecule has 1 aromatic rings. The Labute approximate surface area is 243 Å². The summed E-state index contributed by atoms with van der Waals surface area (Å²) in [6, 6.07) is 5.24. The van der Waals surface area contributed by atoms with Gasteiger partial charge in [0.2, 0.25) is 11.8 Å². The van der Waals surface area contributed by atoms with E-state index in [1.54, 1.807) is 48.4 Å². The Morgan fingerprint density at radius 2 is 1.87 bits per heavy atom. The average molecular weight is 623 g/mol. The molecular weight excluding hydrogens is 586 g/mol. The van der Waals surface area contributed by atoms with Crippen LogP contribution in [0.15, 0.2) is 49.6 Å². The second-order valence-electron chi connectivity index (χ2n) is 11.1. The number of carbonyl (C=O) groups excluding carboxylic acids is 3. The predicted octanol–water partition coefficient (Wildman–Crippen LogP) is 3.66. The van der Waals surface area contributed by atoms with Crippen LogP contribution in [0.1, 0.15) is 26.7 Å². The summed E-state index contributed by atoms with van der Waals surface area (Å²) in [7, 11) is 1.67. The van der Waals surface area contributed by atoms with Crippen LogP contribution in [0.2, 0.25) is 5.02 Å². The fourth-order valence-corrected chi connectivity index (χ4v) is 7.67. The summed E-state index contributed by atoms with van der Waals surface area (Å²) in [6.07, 6.45) is 3.58. The molecule has 0 saturated carbocycles. The molecule has 1 aromatic carbocycles. The Morgan fingerprint density at radius 3 is 2.44 bits per heavy atom. The number of rotatable bonds is 11. The van der Waals surface area contributed by atoms with E-state index in [0.717, 1.165) is 0 Å². The maximum atomic E-state index is 14.6. The van der Waals surface area contributed by atoms with Crippen molar-refractivity contribution in [2.75, 3.05) is 31.6 Å². The first-order chi connectivity index (χ1) is 18.5. The minimum atomic E-state index is -1.22. The molecule has 3 aliphatic rings. The molecule has 3 saturated heterocycles. The van der Waals surface area contributed by atoms with E-state index in [-0.39, 0.29) is 41.6 Å². The molecule has 10 heteroatoms. The number of likely N-dealkylation sites (tertiary alicyclic amines) is 1. The summed E-state index contributed by atoms with van der Waals surface area (Å²) >= 11 is 9.82. The first kappa shape index (κ1) is 29.8. The maximum Gasteiger partial charge on any atom is 0.253 e. The maximum absolute atomic E-state index is 14.6. The van der Waals surface area contributed by atoms with Crippen LogP contribution < -0.4 is 4.90 Å². The van der Waals surface area contributed by atoms with E-state index >= 15 is 0 Å². The number of carbonyl (C=O) groups is 3. The van der Waals surface area contributed by atoms with Crippen molar-refractivity contribution in [3.8, 4) is 0 Å². The van der Waals surface area contributed by atoms with Gasteiger partial charge in [-0.2, -0.15) is 0 Å². The molecule has 3 unspecified atom stereocenters. The molecule has 212 valence electrons. The molecule has 2 bridgehead atoms. The van der Waals surface area contributed by atoms with Crippen molar-refractivity contribution >= 4 is 50.9 Å². The number of hydrogen-bond donors (Lipinski definition) is 1. The summed E-state index contributed by atoms with van der Waals surface area (Å²) < 4.78 is 6.62. The van der Waals surface area contributed by atoms with Gasteiger partial charge in [-0.25, -0.2) is 0 Å². The first-order valence-electron chi connectivity index (χ1n) is 13.3. The zero-order chi connectivity index (χ0) is 28.6. The topological polar surface area (TPSA) is 90.4 Å². The van der Waals surface area contributed by atoms with Crippen molar-refractivity contribution in [1.29, 1.82) is 0 Å². The number of likely N-dealkylation sites (N-methyl/N-ethyl adjacent to an activating group) is 1. The number of anilines is 1. The van der Waals surface area contributed by atoms with Gasteiger partial charge in [0.1, 0.15) is 11.6 Å². The van der Waals surface area contributed by atoms with Crippen LogP contribution in [0.3, 0.4) is 0 Å². The highest BCUT2D eigenvalue weighted by Crippen LogP contribution is 2.61. The average Bonchev–Trinajstić information content (AvgIpc) is 3.49. The van der Waals surface area contributed by atoms with Gasteiger partial charge in [-0.05, 0) is 43.0 Å². The zero-order valence-electron chi connectivity index (χ0n) is 22.6. The van der Waals surface area contributed by atoms with Crippen LogP contribution in [0, 0.1) is 17.8 Å². The summed E-state index contributed by atoms with van der Waals surface area (Å²) in [4.78, 5) is 47.0. The first-order valence-corrected chi connectivity index (χ1v) is 14.6. The molecule has 7 atom stereocenters. The lowest BCUT2D eigenvalue weighted by Crippen LogP contribution is -2.59. The van der Waals surface area contributed by atoms with E-state index < -0.39 is 35.6 Å². The quantitative estimate of drug-likeness (QED) is 0.301. The lowest BCUT2D eigenvalue weighted by Gasteiger charge is -2.39.